The molecule has 0 saturated heterocycles. The molecule has 5 rings (SSSR count). The Morgan fingerprint density at radius 3 is 1.00 bits per heavy atom. The summed E-state index contributed by atoms with van der Waals surface area (Å²) in [4.78, 5) is 0. The molecule has 5 aromatic carbocycles. The van der Waals surface area contributed by atoms with Gasteiger partial charge in [-0.2, -0.15) is 0 Å². The fourth-order valence-corrected chi connectivity index (χ4v) is 4.67. The summed E-state index contributed by atoms with van der Waals surface area (Å²) in [6, 6.07) is 30.2. The van der Waals surface area contributed by atoms with E-state index in [-0.39, 0.29) is 0 Å². The Bertz CT molecular complexity index is 1310. The van der Waals surface area contributed by atoms with Crippen LogP contribution in [-0.2, 0) is 0 Å². The lowest BCUT2D eigenvalue weighted by atomic mass is 9.96. The van der Waals surface area contributed by atoms with Crippen molar-refractivity contribution >= 4 is 44.3 Å². The van der Waals surface area contributed by atoms with E-state index in [1.165, 1.54) is 43.8 Å². The van der Waals surface area contributed by atoms with Crippen LogP contribution >= 0.6 is 0 Å². The molecule has 0 aliphatic heterocycles. The van der Waals surface area contributed by atoms with E-state index in [0.29, 0.717) is 0 Å². The van der Waals surface area contributed by atoms with Gasteiger partial charge in [-0.3, -0.25) is 0 Å². The Labute approximate surface area is 189 Å². The monoisotopic (exact) mass is 416 g/mol. The molecule has 2 N–H and O–H groups in total. The minimum Gasteiger partial charge on any atom is -0.353 e. The van der Waals surface area contributed by atoms with E-state index in [1.54, 1.807) is 0 Å². The highest BCUT2D eigenvalue weighted by atomic mass is 15.0. The lowest BCUT2D eigenvalue weighted by Gasteiger charge is -2.23. The second-order valence-electron chi connectivity index (χ2n) is 8.62. The number of hydrogen-bond acceptors (Lipinski definition) is 2. The van der Waals surface area contributed by atoms with Crippen molar-refractivity contribution in [2.24, 2.45) is 0 Å². The van der Waals surface area contributed by atoms with Crippen LogP contribution in [-0.4, -0.2) is 0 Å². The van der Waals surface area contributed by atoms with E-state index in [2.05, 4.69) is 123 Å². The van der Waals surface area contributed by atoms with Crippen LogP contribution in [0.5, 0.6) is 0 Å². The minimum absolute atomic E-state index is 1.11. The van der Waals surface area contributed by atoms with Crippen LogP contribution < -0.4 is 10.6 Å². The Hall–Kier alpha value is -3.78. The topological polar surface area (TPSA) is 24.1 Å². The number of para-hydroxylation sites is 2. The normalized spacial score (nSPS) is 11.1. The van der Waals surface area contributed by atoms with Gasteiger partial charge in [-0.05, 0) is 60.7 Å². The Balaban J connectivity index is 1.85. The van der Waals surface area contributed by atoms with Crippen molar-refractivity contribution in [3.63, 3.8) is 0 Å². The molecule has 0 atom stereocenters. The van der Waals surface area contributed by atoms with Crippen molar-refractivity contribution in [2.75, 3.05) is 10.6 Å². The Morgan fingerprint density at radius 2 is 0.656 bits per heavy atom. The molecule has 0 spiro atoms. The molecule has 5 aromatic rings. The van der Waals surface area contributed by atoms with Crippen molar-refractivity contribution in [3.8, 4) is 0 Å². The van der Waals surface area contributed by atoms with Crippen molar-refractivity contribution in [1.29, 1.82) is 0 Å². The summed E-state index contributed by atoms with van der Waals surface area (Å²) >= 11 is 0. The maximum absolute atomic E-state index is 3.84. The Kier molecular flexibility index (Phi) is 5.07. The van der Waals surface area contributed by atoms with E-state index in [0.717, 1.165) is 22.7 Å². The van der Waals surface area contributed by atoms with Gasteiger partial charge in [0.05, 0.1) is 11.4 Å². The minimum atomic E-state index is 1.11. The molecule has 158 valence electrons. The quantitative estimate of drug-likeness (QED) is 0.226. The van der Waals surface area contributed by atoms with E-state index in [1.807, 2.05) is 0 Å². The third-order valence-corrected chi connectivity index (χ3v) is 6.40. The van der Waals surface area contributed by atoms with Gasteiger partial charge in [0.15, 0.2) is 0 Å². The second kappa shape index (κ2) is 8.05. The van der Waals surface area contributed by atoms with Gasteiger partial charge >= 0.3 is 0 Å². The number of fused-ring (bicyclic) bond motifs is 3. The molecule has 0 aliphatic carbocycles. The molecular weight excluding hydrogens is 388 g/mol. The average Bonchev–Trinajstić information content (AvgIpc) is 2.80. The van der Waals surface area contributed by atoms with Crippen molar-refractivity contribution in [2.45, 2.75) is 27.7 Å². The summed E-state index contributed by atoms with van der Waals surface area (Å²) < 4.78 is 0. The highest BCUT2D eigenvalue weighted by molar-refractivity contribution is 6.21. The zero-order chi connectivity index (χ0) is 22.2. The first-order valence-electron chi connectivity index (χ1n) is 11.1. The molecule has 2 heteroatoms. The first-order valence-corrected chi connectivity index (χ1v) is 11.1. The largest absolute Gasteiger partial charge is 0.353 e. The van der Waals surface area contributed by atoms with Crippen molar-refractivity contribution in [1.82, 2.24) is 0 Å². The standard InChI is InChI=1S/C30H28N2/c1-19-11-9-12-20(2)27(19)31-29-25-17-7-5-15-23(25)24-16-6-8-18-26(24)30(29)32-28-21(3)13-10-14-22(28)4/h5-18,31-32H,1-4H3. The number of hydrogen-bond donors (Lipinski definition) is 2. The fraction of sp³-hybridized carbons (Fsp3) is 0.133. The summed E-state index contributed by atoms with van der Waals surface area (Å²) in [7, 11) is 0. The first kappa shape index (κ1) is 20.1. The fourth-order valence-electron chi connectivity index (χ4n) is 4.67. The lowest BCUT2D eigenvalue weighted by Crippen LogP contribution is -2.04. The Morgan fingerprint density at radius 1 is 0.344 bits per heavy atom. The molecule has 0 heterocycles. The molecule has 0 aliphatic rings. The lowest BCUT2D eigenvalue weighted by molar-refractivity contribution is 1.35. The molecule has 0 bridgehead atoms. The van der Waals surface area contributed by atoms with Gasteiger partial charge in [-0.15, -0.1) is 0 Å². The van der Waals surface area contributed by atoms with Crippen LogP contribution in [0.4, 0.5) is 22.7 Å². The second-order valence-corrected chi connectivity index (χ2v) is 8.62. The molecule has 0 fully saturated rings. The third-order valence-electron chi connectivity index (χ3n) is 6.40. The van der Waals surface area contributed by atoms with Crippen LogP contribution in [0, 0.1) is 27.7 Å². The predicted octanol–water partition coefficient (Wildman–Crippen LogP) is 8.71. The molecular formula is C30H28N2. The predicted molar refractivity (Wildman–Crippen MR) is 140 cm³/mol. The van der Waals surface area contributed by atoms with Crippen LogP contribution in [0.25, 0.3) is 21.5 Å². The average molecular weight is 417 g/mol. The molecule has 2 nitrogen and oxygen atoms in total. The van der Waals surface area contributed by atoms with E-state index >= 15 is 0 Å². The maximum Gasteiger partial charge on any atom is 0.0709 e. The van der Waals surface area contributed by atoms with Gasteiger partial charge < -0.3 is 10.6 Å². The number of nitrogens with one attached hydrogen (secondary N) is 2. The summed E-state index contributed by atoms with van der Waals surface area (Å²) in [5.41, 5.74) is 9.50. The van der Waals surface area contributed by atoms with Gasteiger partial charge in [0.1, 0.15) is 0 Å². The number of benzene rings is 5. The molecule has 0 aromatic heterocycles. The van der Waals surface area contributed by atoms with Gasteiger partial charge in [-0.1, -0.05) is 84.9 Å². The van der Waals surface area contributed by atoms with E-state index < -0.39 is 0 Å². The summed E-state index contributed by atoms with van der Waals surface area (Å²) in [6.45, 7) is 8.66. The van der Waals surface area contributed by atoms with Crippen LogP contribution in [0.3, 0.4) is 0 Å². The van der Waals surface area contributed by atoms with Crippen LogP contribution in [0.2, 0.25) is 0 Å². The summed E-state index contributed by atoms with van der Waals surface area (Å²) in [5.74, 6) is 0. The summed E-state index contributed by atoms with van der Waals surface area (Å²) in [5, 5.41) is 12.6. The van der Waals surface area contributed by atoms with Gasteiger partial charge in [0.25, 0.3) is 0 Å². The third kappa shape index (κ3) is 3.38. The van der Waals surface area contributed by atoms with Gasteiger partial charge in [0, 0.05) is 22.1 Å². The zero-order valence-corrected chi connectivity index (χ0v) is 19.1. The molecule has 0 radical (unpaired) electrons. The van der Waals surface area contributed by atoms with E-state index in [9.17, 15) is 0 Å². The molecule has 32 heavy (non-hydrogen) atoms. The van der Waals surface area contributed by atoms with Crippen LogP contribution in [0.15, 0.2) is 84.9 Å². The SMILES string of the molecule is Cc1cccc(C)c1Nc1c(Nc2c(C)cccc2C)c2ccccc2c2ccccc12. The molecule has 0 amide bonds. The van der Waals surface area contributed by atoms with Crippen molar-refractivity contribution in [3.05, 3.63) is 107 Å². The number of anilines is 4. The van der Waals surface area contributed by atoms with Crippen LogP contribution in [0.1, 0.15) is 22.3 Å². The zero-order valence-electron chi connectivity index (χ0n) is 19.1. The first-order chi connectivity index (χ1) is 15.5. The highest BCUT2D eigenvalue weighted by Gasteiger charge is 2.17. The van der Waals surface area contributed by atoms with E-state index in [4.69, 9.17) is 0 Å². The van der Waals surface area contributed by atoms with Gasteiger partial charge in [0.2, 0.25) is 0 Å². The van der Waals surface area contributed by atoms with Gasteiger partial charge in [-0.25, -0.2) is 0 Å². The number of rotatable bonds is 4. The smallest absolute Gasteiger partial charge is 0.0709 e. The maximum atomic E-state index is 3.84. The number of aryl methyl sites for hydroxylation is 4. The van der Waals surface area contributed by atoms with Crippen molar-refractivity contribution < 1.29 is 0 Å². The molecule has 0 unspecified atom stereocenters. The highest BCUT2D eigenvalue weighted by Crippen LogP contribution is 2.44. The summed E-state index contributed by atoms with van der Waals surface area (Å²) in [6.07, 6.45) is 0. The molecule has 0 saturated carbocycles.